The van der Waals surface area contributed by atoms with Crippen LogP contribution in [0.4, 0.5) is 5.69 Å². The Labute approximate surface area is 200 Å². The van der Waals surface area contributed by atoms with Crippen molar-refractivity contribution in [1.29, 1.82) is 0 Å². The van der Waals surface area contributed by atoms with Crippen molar-refractivity contribution in [2.75, 3.05) is 4.90 Å². The van der Waals surface area contributed by atoms with Crippen LogP contribution in [0.1, 0.15) is 20.8 Å². The normalized spacial score (nSPS) is 10.7. The molecule has 0 saturated carbocycles. The standard InChI is InChI=1S/C26H20ClNO4S/c27-20-9-7-19(8-10-20)18-5-3-17(4-6-18)16-28(25(30)15-22-2-1-13-33-22)21-11-12-24(29)23(14-21)26(31)32/h1-14,29H,15-16H2,(H,31,32). The number of halogens is 1. The Bertz CT molecular complexity index is 1270. The minimum Gasteiger partial charge on any atom is -0.507 e. The predicted octanol–water partition coefficient (Wildman–Crippen LogP) is 6.25. The topological polar surface area (TPSA) is 77.8 Å². The van der Waals surface area contributed by atoms with Gasteiger partial charge in [0.05, 0.1) is 13.0 Å². The molecule has 0 radical (unpaired) electrons. The van der Waals surface area contributed by atoms with Gasteiger partial charge in [-0.25, -0.2) is 4.79 Å². The Balaban J connectivity index is 1.63. The van der Waals surface area contributed by atoms with Gasteiger partial charge in [-0.3, -0.25) is 4.79 Å². The summed E-state index contributed by atoms with van der Waals surface area (Å²) in [6, 6.07) is 23.3. The number of carboxylic acid groups (broad SMARTS) is 1. The fourth-order valence-electron chi connectivity index (χ4n) is 3.47. The van der Waals surface area contributed by atoms with Gasteiger partial charge >= 0.3 is 5.97 Å². The molecule has 0 unspecified atom stereocenters. The number of nitrogens with zero attached hydrogens (tertiary/aromatic N) is 1. The molecule has 3 aromatic carbocycles. The Kier molecular flexibility index (Phi) is 6.77. The molecule has 0 fully saturated rings. The highest BCUT2D eigenvalue weighted by atomic mass is 35.5. The van der Waals surface area contributed by atoms with Gasteiger partial charge in [0.25, 0.3) is 0 Å². The molecule has 1 aromatic heterocycles. The van der Waals surface area contributed by atoms with Crippen molar-refractivity contribution in [2.45, 2.75) is 13.0 Å². The van der Waals surface area contributed by atoms with Crippen LogP contribution in [0.2, 0.25) is 5.02 Å². The Morgan fingerprint density at radius 3 is 2.18 bits per heavy atom. The number of benzene rings is 3. The van der Waals surface area contributed by atoms with Gasteiger partial charge in [0, 0.05) is 15.6 Å². The van der Waals surface area contributed by atoms with E-state index in [1.807, 2.05) is 66.0 Å². The highest BCUT2D eigenvalue weighted by Crippen LogP contribution is 2.28. The van der Waals surface area contributed by atoms with E-state index < -0.39 is 5.97 Å². The molecule has 4 aromatic rings. The minimum atomic E-state index is -1.26. The number of carbonyl (C=O) groups excluding carboxylic acids is 1. The van der Waals surface area contributed by atoms with Crippen LogP contribution >= 0.6 is 22.9 Å². The minimum absolute atomic E-state index is 0.166. The number of carbonyl (C=O) groups is 2. The average Bonchev–Trinajstić information content (AvgIpc) is 3.32. The van der Waals surface area contributed by atoms with Gasteiger partial charge in [0.1, 0.15) is 11.3 Å². The molecular weight excluding hydrogens is 458 g/mol. The first kappa shape index (κ1) is 22.6. The second kappa shape index (κ2) is 9.90. The van der Waals surface area contributed by atoms with E-state index in [0.717, 1.165) is 21.6 Å². The predicted molar refractivity (Wildman–Crippen MR) is 131 cm³/mol. The summed E-state index contributed by atoms with van der Waals surface area (Å²) >= 11 is 7.46. The van der Waals surface area contributed by atoms with Crippen LogP contribution < -0.4 is 4.90 Å². The number of carboxylic acids is 1. The van der Waals surface area contributed by atoms with Crippen LogP contribution in [0, 0.1) is 0 Å². The summed E-state index contributed by atoms with van der Waals surface area (Å²) in [5, 5.41) is 21.9. The molecule has 2 N–H and O–H groups in total. The largest absolute Gasteiger partial charge is 0.507 e. The number of aromatic carboxylic acids is 1. The first-order valence-corrected chi connectivity index (χ1v) is 11.4. The van der Waals surface area contributed by atoms with Crippen molar-refractivity contribution in [3.63, 3.8) is 0 Å². The van der Waals surface area contributed by atoms with E-state index in [2.05, 4.69) is 0 Å². The lowest BCUT2D eigenvalue weighted by molar-refractivity contribution is -0.118. The van der Waals surface area contributed by atoms with Crippen LogP contribution in [0.15, 0.2) is 84.2 Å². The van der Waals surface area contributed by atoms with Crippen LogP contribution in [-0.2, 0) is 17.8 Å². The fraction of sp³-hybridized carbons (Fsp3) is 0.0769. The second-order valence-corrected chi connectivity index (χ2v) is 8.92. The van der Waals surface area contributed by atoms with Gasteiger partial charge in [-0.1, -0.05) is 54.1 Å². The van der Waals surface area contributed by atoms with Gasteiger partial charge in [-0.05, 0) is 58.5 Å². The van der Waals surface area contributed by atoms with E-state index in [4.69, 9.17) is 11.6 Å². The summed E-state index contributed by atoms with van der Waals surface area (Å²) in [7, 11) is 0. The number of amides is 1. The summed E-state index contributed by atoms with van der Waals surface area (Å²) in [5.74, 6) is -1.77. The van der Waals surface area contributed by atoms with Crippen molar-refractivity contribution in [1.82, 2.24) is 0 Å². The maximum Gasteiger partial charge on any atom is 0.339 e. The Hall–Kier alpha value is -3.61. The zero-order chi connectivity index (χ0) is 23.4. The first-order valence-electron chi connectivity index (χ1n) is 10.1. The van der Waals surface area contributed by atoms with Crippen LogP contribution in [0.25, 0.3) is 11.1 Å². The lowest BCUT2D eigenvalue weighted by atomic mass is 10.0. The number of phenols is 1. The number of anilines is 1. The Morgan fingerprint density at radius 1 is 0.909 bits per heavy atom. The van der Waals surface area contributed by atoms with Gasteiger partial charge in [-0.2, -0.15) is 0 Å². The molecule has 166 valence electrons. The van der Waals surface area contributed by atoms with E-state index >= 15 is 0 Å². The molecule has 0 aliphatic heterocycles. The van der Waals surface area contributed by atoms with E-state index in [9.17, 15) is 19.8 Å². The number of rotatable bonds is 7. The molecule has 0 aliphatic carbocycles. The average molecular weight is 478 g/mol. The zero-order valence-corrected chi connectivity index (χ0v) is 19.0. The SMILES string of the molecule is O=C(O)c1cc(N(Cc2ccc(-c3ccc(Cl)cc3)cc2)C(=O)Cc2cccs2)ccc1O. The summed E-state index contributed by atoms with van der Waals surface area (Å²) in [5.41, 5.74) is 3.09. The molecule has 1 heterocycles. The molecule has 7 heteroatoms. The maximum atomic E-state index is 13.2. The number of hydrogen-bond acceptors (Lipinski definition) is 4. The summed E-state index contributed by atoms with van der Waals surface area (Å²) in [6.45, 7) is 0.259. The molecule has 4 rings (SSSR count). The van der Waals surface area contributed by atoms with Crippen molar-refractivity contribution < 1.29 is 19.8 Å². The van der Waals surface area contributed by atoms with Crippen LogP contribution in [0.5, 0.6) is 5.75 Å². The molecular formula is C26H20ClNO4S. The highest BCUT2D eigenvalue weighted by molar-refractivity contribution is 7.10. The summed E-state index contributed by atoms with van der Waals surface area (Å²) < 4.78 is 0. The quantitative estimate of drug-likeness (QED) is 0.330. The van der Waals surface area contributed by atoms with E-state index in [1.165, 1.54) is 23.5 Å². The Morgan fingerprint density at radius 2 is 1.58 bits per heavy atom. The molecule has 33 heavy (non-hydrogen) atoms. The number of hydrogen-bond donors (Lipinski definition) is 2. The van der Waals surface area contributed by atoms with E-state index in [1.54, 1.807) is 11.0 Å². The molecule has 0 spiro atoms. The van der Waals surface area contributed by atoms with Gasteiger partial charge in [0.15, 0.2) is 0 Å². The van der Waals surface area contributed by atoms with Crippen molar-refractivity contribution in [3.05, 3.63) is 105 Å². The monoisotopic (exact) mass is 477 g/mol. The van der Waals surface area contributed by atoms with Crippen molar-refractivity contribution >= 4 is 40.5 Å². The second-order valence-electron chi connectivity index (χ2n) is 7.45. The third-order valence-corrected chi connectivity index (χ3v) is 6.33. The molecule has 0 bridgehead atoms. The maximum absolute atomic E-state index is 13.2. The molecule has 0 saturated heterocycles. The van der Waals surface area contributed by atoms with Crippen LogP contribution in [-0.4, -0.2) is 22.1 Å². The smallest absolute Gasteiger partial charge is 0.339 e. The third-order valence-electron chi connectivity index (χ3n) is 5.20. The molecule has 0 atom stereocenters. The lowest BCUT2D eigenvalue weighted by Gasteiger charge is -2.24. The van der Waals surface area contributed by atoms with Gasteiger partial charge in [0.2, 0.25) is 5.91 Å². The van der Waals surface area contributed by atoms with Crippen molar-refractivity contribution in [3.8, 4) is 16.9 Å². The molecule has 5 nitrogen and oxygen atoms in total. The summed E-state index contributed by atoms with van der Waals surface area (Å²) in [4.78, 5) is 27.2. The fourth-order valence-corrected chi connectivity index (χ4v) is 4.29. The van der Waals surface area contributed by atoms with Gasteiger partial charge in [-0.15, -0.1) is 11.3 Å². The lowest BCUT2D eigenvalue weighted by Crippen LogP contribution is -2.31. The summed E-state index contributed by atoms with van der Waals surface area (Å²) in [6.07, 6.45) is 0.198. The van der Waals surface area contributed by atoms with Crippen LogP contribution in [0.3, 0.4) is 0 Å². The van der Waals surface area contributed by atoms with E-state index in [-0.39, 0.29) is 30.2 Å². The third kappa shape index (κ3) is 5.42. The molecule has 1 amide bonds. The number of aromatic hydroxyl groups is 1. The molecule has 0 aliphatic rings. The van der Waals surface area contributed by atoms with E-state index in [0.29, 0.717) is 10.7 Å². The first-order chi connectivity index (χ1) is 15.9. The highest BCUT2D eigenvalue weighted by Gasteiger charge is 2.20. The zero-order valence-electron chi connectivity index (χ0n) is 17.4. The number of thiophene rings is 1. The van der Waals surface area contributed by atoms with Crippen molar-refractivity contribution in [2.24, 2.45) is 0 Å². The van der Waals surface area contributed by atoms with Gasteiger partial charge < -0.3 is 15.1 Å².